The number of halogens is 2. The number of aromatic nitrogens is 1. The monoisotopic (exact) mass is 408 g/mol. The maximum absolute atomic E-state index is 12.2. The summed E-state index contributed by atoms with van der Waals surface area (Å²) in [5, 5.41) is 4.24. The van der Waals surface area contributed by atoms with Crippen molar-refractivity contribution in [2.45, 2.75) is 20.3 Å². The van der Waals surface area contributed by atoms with E-state index >= 15 is 0 Å². The number of aryl methyl sites for hydroxylation is 2. The van der Waals surface area contributed by atoms with Crippen molar-refractivity contribution >= 4 is 34.8 Å². The van der Waals surface area contributed by atoms with Crippen LogP contribution in [0.5, 0.6) is 0 Å². The third-order valence-electron chi connectivity index (χ3n) is 4.98. The highest BCUT2D eigenvalue weighted by atomic mass is 35.5. The van der Waals surface area contributed by atoms with E-state index < -0.39 is 0 Å². The molecule has 1 fully saturated rings. The van der Waals surface area contributed by atoms with Gasteiger partial charge in [-0.25, -0.2) is 0 Å². The Morgan fingerprint density at radius 1 is 1.19 bits per heavy atom. The molecule has 27 heavy (non-hydrogen) atoms. The Morgan fingerprint density at radius 2 is 1.93 bits per heavy atom. The number of hydrogen-bond acceptors (Lipinski definition) is 3. The maximum Gasteiger partial charge on any atom is 0.253 e. The number of amides is 1. The number of aromatic amines is 1. The largest absolute Gasteiger partial charge is 0.368 e. The number of hydrogen-bond donors (Lipinski definition) is 2. The summed E-state index contributed by atoms with van der Waals surface area (Å²) in [7, 11) is 0. The standard InChI is InChI=1S/C20H26Cl2N4O/c1-14-13-16(15(2)24-14)20(27)23-7-4-8-25-9-11-26(12-10-25)18-6-3-5-17(21)19(18)22/h3,5-6,13,24H,4,7-12H2,1-2H3,(H,23,27). The van der Waals surface area contributed by atoms with Gasteiger partial charge in [0.15, 0.2) is 0 Å². The fourth-order valence-corrected chi connectivity index (χ4v) is 3.92. The van der Waals surface area contributed by atoms with E-state index in [1.807, 2.05) is 38.1 Å². The molecule has 1 aromatic carbocycles. The highest BCUT2D eigenvalue weighted by Gasteiger charge is 2.19. The van der Waals surface area contributed by atoms with E-state index in [0.29, 0.717) is 16.6 Å². The van der Waals surface area contributed by atoms with E-state index in [-0.39, 0.29) is 5.91 Å². The molecule has 1 aromatic heterocycles. The summed E-state index contributed by atoms with van der Waals surface area (Å²) >= 11 is 12.5. The lowest BCUT2D eigenvalue weighted by Gasteiger charge is -2.36. The topological polar surface area (TPSA) is 51.4 Å². The highest BCUT2D eigenvalue weighted by molar-refractivity contribution is 6.43. The zero-order valence-corrected chi connectivity index (χ0v) is 17.3. The first-order valence-corrected chi connectivity index (χ1v) is 10.1. The van der Waals surface area contributed by atoms with Gasteiger partial charge in [-0.1, -0.05) is 29.3 Å². The van der Waals surface area contributed by atoms with Crippen LogP contribution in [-0.4, -0.2) is 55.1 Å². The lowest BCUT2D eigenvalue weighted by molar-refractivity contribution is 0.0951. The second-order valence-corrected chi connectivity index (χ2v) is 7.79. The van der Waals surface area contributed by atoms with E-state index in [2.05, 4.69) is 20.1 Å². The molecule has 0 radical (unpaired) electrons. The minimum Gasteiger partial charge on any atom is -0.368 e. The van der Waals surface area contributed by atoms with Crippen molar-refractivity contribution in [3.8, 4) is 0 Å². The van der Waals surface area contributed by atoms with Gasteiger partial charge < -0.3 is 15.2 Å². The summed E-state index contributed by atoms with van der Waals surface area (Å²) in [5.41, 5.74) is 3.67. The molecular weight excluding hydrogens is 383 g/mol. The van der Waals surface area contributed by atoms with Crippen molar-refractivity contribution in [2.75, 3.05) is 44.2 Å². The second-order valence-electron chi connectivity index (χ2n) is 7.00. The Kier molecular flexibility index (Phi) is 6.68. The molecule has 0 unspecified atom stereocenters. The number of piperazine rings is 1. The van der Waals surface area contributed by atoms with Crippen molar-refractivity contribution in [3.63, 3.8) is 0 Å². The Morgan fingerprint density at radius 3 is 2.59 bits per heavy atom. The first-order valence-electron chi connectivity index (χ1n) is 9.31. The lowest BCUT2D eigenvalue weighted by atomic mass is 10.2. The van der Waals surface area contributed by atoms with Crippen LogP contribution in [0.25, 0.3) is 0 Å². The van der Waals surface area contributed by atoms with Crippen LogP contribution in [0.1, 0.15) is 28.2 Å². The van der Waals surface area contributed by atoms with Gasteiger partial charge in [-0.3, -0.25) is 9.69 Å². The highest BCUT2D eigenvalue weighted by Crippen LogP contribution is 2.32. The van der Waals surface area contributed by atoms with Gasteiger partial charge in [-0.05, 0) is 45.0 Å². The normalized spacial score (nSPS) is 15.2. The van der Waals surface area contributed by atoms with Crippen LogP contribution < -0.4 is 10.2 Å². The van der Waals surface area contributed by atoms with E-state index in [0.717, 1.165) is 61.8 Å². The van der Waals surface area contributed by atoms with Crippen molar-refractivity contribution in [1.82, 2.24) is 15.2 Å². The molecule has 2 aromatic rings. The molecule has 0 saturated carbocycles. The zero-order chi connectivity index (χ0) is 19.4. The van der Waals surface area contributed by atoms with E-state index in [1.165, 1.54) is 0 Å². The minimum absolute atomic E-state index is 0.00253. The average molecular weight is 409 g/mol. The number of nitrogens with zero attached hydrogens (tertiary/aromatic N) is 2. The molecule has 1 saturated heterocycles. The van der Waals surface area contributed by atoms with Crippen LogP contribution in [0, 0.1) is 13.8 Å². The average Bonchev–Trinajstić information content (AvgIpc) is 3.00. The Balaban J connectivity index is 1.39. The minimum atomic E-state index is -0.00253. The molecular formula is C20H26Cl2N4O. The van der Waals surface area contributed by atoms with Gasteiger partial charge >= 0.3 is 0 Å². The van der Waals surface area contributed by atoms with Crippen LogP contribution in [-0.2, 0) is 0 Å². The fourth-order valence-electron chi connectivity index (χ4n) is 3.51. The number of anilines is 1. The van der Waals surface area contributed by atoms with Crippen LogP contribution >= 0.6 is 23.2 Å². The van der Waals surface area contributed by atoms with Crippen molar-refractivity contribution in [3.05, 3.63) is 51.3 Å². The van der Waals surface area contributed by atoms with Crippen molar-refractivity contribution < 1.29 is 4.79 Å². The smallest absolute Gasteiger partial charge is 0.253 e. The predicted octanol–water partition coefficient (Wildman–Crippen LogP) is 3.88. The Labute approximate surface area is 170 Å². The number of benzene rings is 1. The Hall–Kier alpha value is -1.69. The fraction of sp³-hybridized carbons (Fsp3) is 0.450. The predicted molar refractivity (Wildman–Crippen MR) is 112 cm³/mol. The van der Waals surface area contributed by atoms with Crippen molar-refractivity contribution in [1.29, 1.82) is 0 Å². The molecule has 146 valence electrons. The van der Waals surface area contributed by atoms with Gasteiger partial charge in [0.25, 0.3) is 5.91 Å². The van der Waals surface area contributed by atoms with Gasteiger partial charge in [-0.2, -0.15) is 0 Å². The number of carbonyl (C=O) groups is 1. The molecule has 7 heteroatoms. The summed E-state index contributed by atoms with van der Waals surface area (Å²) in [4.78, 5) is 20.1. The van der Waals surface area contributed by atoms with E-state index in [9.17, 15) is 4.79 Å². The van der Waals surface area contributed by atoms with Gasteiger partial charge in [-0.15, -0.1) is 0 Å². The maximum atomic E-state index is 12.2. The van der Waals surface area contributed by atoms with Crippen LogP contribution in [0.15, 0.2) is 24.3 Å². The van der Waals surface area contributed by atoms with Crippen LogP contribution in [0.3, 0.4) is 0 Å². The SMILES string of the molecule is Cc1cc(C(=O)NCCCN2CCN(c3cccc(Cl)c3Cl)CC2)c(C)[nH]1. The molecule has 3 rings (SSSR count). The molecule has 5 nitrogen and oxygen atoms in total. The van der Waals surface area contributed by atoms with Crippen molar-refractivity contribution in [2.24, 2.45) is 0 Å². The molecule has 0 bridgehead atoms. The van der Waals surface area contributed by atoms with E-state index in [4.69, 9.17) is 23.2 Å². The number of H-pyrrole nitrogens is 1. The van der Waals surface area contributed by atoms with Gasteiger partial charge in [0, 0.05) is 44.1 Å². The van der Waals surface area contributed by atoms with Crippen LogP contribution in [0.4, 0.5) is 5.69 Å². The van der Waals surface area contributed by atoms with Gasteiger partial charge in [0.1, 0.15) is 0 Å². The Bertz CT molecular complexity index is 797. The summed E-state index contributed by atoms with van der Waals surface area (Å²) in [6, 6.07) is 7.66. The third-order valence-corrected chi connectivity index (χ3v) is 5.78. The molecule has 1 aliphatic heterocycles. The molecule has 0 spiro atoms. The summed E-state index contributed by atoms with van der Waals surface area (Å²) in [6.07, 6.45) is 0.937. The quantitative estimate of drug-likeness (QED) is 0.712. The van der Waals surface area contributed by atoms with Crippen LogP contribution in [0.2, 0.25) is 10.0 Å². The molecule has 0 atom stereocenters. The summed E-state index contributed by atoms with van der Waals surface area (Å²) in [5.74, 6) is -0.00253. The molecule has 0 aliphatic carbocycles. The lowest BCUT2D eigenvalue weighted by Crippen LogP contribution is -2.47. The second kappa shape index (κ2) is 9.00. The molecule has 2 heterocycles. The molecule has 2 N–H and O–H groups in total. The third kappa shape index (κ3) is 4.98. The summed E-state index contributed by atoms with van der Waals surface area (Å²) in [6.45, 7) is 9.35. The molecule has 1 amide bonds. The number of rotatable bonds is 6. The first kappa shape index (κ1) is 20.1. The molecule has 1 aliphatic rings. The van der Waals surface area contributed by atoms with E-state index in [1.54, 1.807) is 0 Å². The number of carbonyl (C=O) groups excluding carboxylic acids is 1. The van der Waals surface area contributed by atoms with Gasteiger partial charge in [0.2, 0.25) is 0 Å². The zero-order valence-electron chi connectivity index (χ0n) is 15.8. The van der Waals surface area contributed by atoms with Gasteiger partial charge in [0.05, 0.1) is 21.3 Å². The number of nitrogens with one attached hydrogen (secondary N) is 2. The summed E-state index contributed by atoms with van der Waals surface area (Å²) < 4.78 is 0. The first-order chi connectivity index (χ1) is 13.0.